The second-order valence-corrected chi connectivity index (χ2v) is 2.67. The summed E-state index contributed by atoms with van der Waals surface area (Å²) in [5.74, 6) is -0.210. The predicted octanol–water partition coefficient (Wildman–Crippen LogP) is -1.28. The largest absolute Gasteiger partial charge is 0.394 e. The second kappa shape index (κ2) is 11.1. The number of aliphatic hydroxyl groups is 1. The van der Waals surface area contributed by atoms with Gasteiger partial charge in [0.1, 0.15) is 6.29 Å². The Balaban J connectivity index is 3.09. The molecule has 0 bridgehead atoms. The van der Waals surface area contributed by atoms with Gasteiger partial charge in [0, 0.05) is 6.42 Å². The number of ether oxygens (including phenoxy) is 2. The van der Waals surface area contributed by atoms with Crippen molar-refractivity contribution >= 4 is 12.2 Å². The highest BCUT2D eigenvalue weighted by Gasteiger charge is 1.99. The molecule has 0 aliphatic heterocycles. The van der Waals surface area contributed by atoms with Crippen molar-refractivity contribution in [3.8, 4) is 0 Å². The van der Waals surface area contributed by atoms with Gasteiger partial charge in [-0.05, 0) is 0 Å². The fourth-order valence-electron chi connectivity index (χ4n) is 0.795. The molecule has 2 N–H and O–H groups in total. The standard InChI is InChI=1S/C9H17NO5/c11-3-2-10-9(13)1-5-14-7-8-15-6-4-12/h3,12H,1-2,4-8H2,(H,10,13). The molecule has 0 atom stereocenters. The maximum Gasteiger partial charge on any atom is 0.222 e. The van der Waals surface area contributed by atoms with E-state index in [4.69, 9.17) is 14.6 Å². The molecule has 0 unspecified atom stereocenters. The summed E-state index contributed by atoms with van der Waals surface area (Å²) in [6, 6.07) is 0. The summed E-state index contributed by atoms with van der Waals surface area (Å²) < 4.78 is 10.0. The van der Waals surface area contributed by atoms with Gasteiger partial charge >= 0.3 is 0 Å². The minimum atomic E-state index is -0.210. The molecule has 0 aliphatic rings. The molecular weight excluding hydrogens is 202 g/mol. The number of hydrogen-bond donors (Lipinski definition) is 2. The van der Waals surface area contributed by atoms with Gasteiger partial charge in [0.15, 0.2) is 0 Å². The van der Waals surface area contributed by atoms with Gasteiger partial charge in [0.25, 0.3) is 0 Å². The van der Waals surface area contributed by atoms with E-state index in [9.17, 15) is 9.59 Å². The van der Waals surface area contributed by atoms with Gasteiger partial charge in [-0.15, -0.1) is 0 Å². The lowest BCUT2D eigenvalue weighted by atomic mass is 10.4. The van der Waals surface area contributed by atoms with Gasteiger partial charge < -0.3 is 24.7 Å². The Morgan fingerprint density at radius 3 is 2.47 bits per heavy atom. The van der Waals surface area contributed by atoms with Crippen LogP contribution >= 0.6 is 0 Å². The molecule has 0 aliphatic carbocycles. The molecule has 0 spiro atoms. The summed E-state index contributed by atoms with van der Waals surface area (Å²) in [5.41, 5.74) is 0. The molecule has 1 amide bonds. The Kier molecular flexibility index (Phi) is 10.4. The van der Waals surface area contributed by atoms with Crippen LogP contribution in [0.1, 0.15) is 6.42 Å². The molecule has 0 aromatic rings. The van der Waals surface area contributed by atoms with Gasteiger partial charge in [0.2, 0.25) is 5.91 Å². The summed E-state index contributed by atoms with van der Waals surface area (Å²) in [7, 11) is 0. The Bertz CT molecular complexity index is 174. The Morgan fingerprint density at radius 2 is 1.87 bits per heavy atom. The summed E-state index contributed by atoms with van der Waals surface area (Å²) in [4.78, 5) is 20.8. The third-order valence-electron chi connectivity index (χ3n) is 1.46. The average molecular weight is 219 g/mol. The van der Waals surface area contributed by atoms with E-state index in [0.717, 1.165) is 0 Å². The number of hydrogen-bond acceptors (Lipinski definition) is 5. The Labute approximate surface area is 88.6 Å². The molecular formula is C9H17NO5. The number of aliphatic hydroxyl groups excluding tert-OH is 1. The maximum atomic E-state index is 10.9. The van der Waals surface area contributed by atoms with Crippen molar-refractivity contribution in [1.82, 2.24) is 5.32 Å². The fourth-order valence-corrected chi connectivity index (χ4v) is 0.795. The van der Waals surface area contributed by atoms with Crippen LogP contribution in [0, 0.1) is 0 Å². The summed E-state index contributed by atoms with van der Waals surface area (Å²) >= 11 is 0. The van der Waals surface area contributed by atoms with Crippen LogP contribution in [0.3, 0.4) is 0 Å². The van der Waals surface area contributed by atoms with E-state index >= 15 is 0 Å². The monoisotopic (exact) mass is 219 g/mol. The molecule has 6 nitrogen and oxygen atoms in total. The summed E-state index contributed by atoms with van der Waals surface area (Å²) in [5, 5.41) is 10.8. The quantitative estimate of drug-likeness (QED) is 0.353. The minimum absolute atomic E-state index is 0.00585. The zero-order valence-electron chi connectivity index (χ0n) is 8.61. The smallest absolute Gasteiger partial charge is 0.222 e. The number of nitrogens with one attached hydrogen (secondary N) is 1. The van der Waals surface area contributed by atoms with Crippen LogP contribution in [0.5, 0.6) is 0 Å². The Hall–Kier alpha value is -0.980. The van der Waals surface area contributed by atoms with Gasteiger partial charge in [0.05, 0.1) is 39.6 Å². The molecule has 6 heteroatoms. The van der Waals surface area contributed by atoms with Crippen molar-refractivity contribution in [2.75, 3.05) is 39.6 Å². The van der Waals surface area contributed by atoms with E-state index in [1.54, 1.807) is 0 Å². The first-order chi connectivity index (χ1) is 7.31. The second-order valence-electron chi connectivity index (χ2n) is 2.67. The van der Waals surface area contributed by atoms with Crippen molar-refractivity contribution in [1.29, 1.82) is 0 Å². The first-order valence-corrected chi connectivity index (χ1v) is 4.78. The zero-order valence-corrected chi connectivity index (χ0v) is 8.61. The van der Waals surface area contributed by atoms with Crippen LogP contribution in [0.15, 0.2) is 0 Å². The molecule has 0 saturated heterocycles. The molecule has 0 aromatic carbocycles. The third kappa shape index (κ3) is 10.9. The van der Waals surface area contributed by atoms with Gasteiger partial charge in [-0.25, -0.2) is 0 Å². The van der Waals surface area contributed by atoms with E-state index in [2.05, 4.69) is 5.32 Å². The zero-order chi connectivity index (χ0) is 11.4. The lowest BCUT2D eigenvalue weighted by Crippen LogP contribution is -2.26. The van der Waals surface area contributed by atoms with Crippen LogP contribution in [-0.2, 0) is 19.1 Å². The molecule has 0 saturated carbocycles. The molecule has 88 valence electrons. The summed E-state index contributed by atoms with van der Waals surface area (Å²) in [6.07, 6.45) is 0.856. The van der Waals surface area contributed by atoms with E-state index in [1.807, 2.05) is 0 Å². The lowest BCUT2D eigenvalue weighted by molar-refractivity contribution is -0.123. The number of amides is 1. The first kappa shape index (κ1) is 14.0. The lowest BCUT2D eigenvalue weighted by Gasteiger charge is -2.04. The number of carbonyl (C=O) groups is 2. The first-order valence-electron chi connectivity index (χ1n) is 4.78. The maximum absolute atomic E-state index is 10.9. The molecule has 15 heavy (non-hydrogen) atoms. The number of aldehydes is 1. The fraction of sp³-hybridized carbons (Fsp3) is 0.778. The van der Waals surface area contributed by atoms with Crippen LogP contribution in [0.2, 0.25) is 0 Å². The van der Waals surface area contributed by atoms with Crippen molar-refractivity contribution in [2.24, 2.45) is 0 Å². The van der Waals surface area contributed by atoms with Crippen molar-refractivity contribution in [3.63, 3.8) is 0 Å². The third-order valence-corrected chi connectivity index (χ3v) is 1.46. The van der Waals surface area contributed by atoms with Crippen molar-refractivity contribution in [2.45, 2.75) is 6.42 Å². The average Bonchev–Trinajstić information content (AvgIpc) is 2.25. The van der Waals surface area contributed by atoms with E-state index in [0.29, 0.717) is 32.7 Å². The van der Waals surface area contributed by atoms with Crippen molar-refractivity contribution in [3.05, 3.63) is 0 Å². The van der Waals surface area contributed by atoms with Crippen LogP contribution in [-0.4, -0.2) is 56.9 Å². The number of carbonyl (C=O) groups excluding carboxylic acids is 2. The van der Waals surface area contributed by atoms with E-state index in [-0.39, 0.29) is 25.5 Å². The van der Waals surface area contributed by atoms with Gasteiger partial charge in [-0.1, -0.05) is 0 Å². The van der Waals surface area contributed by atoms with E-state index in [1.165, 1.54) is 0 Å². The Morgan fingerprint density at radius 1 is 1.20 bits per heavy atom. The predicted molar refractivity (Wildman–Crippen MR) is 52.4 cm³/mol. The van der Waals surface area contributed by atoms with Crippen LogP contribution < -0.4 is 5.32 Å². The molecule has 0 aromatic heterocycles. The number of rotatable bonds is 10. The highest BCUT2D eigenvalue weighted by Crippen LogP contribution is 1.84. The normalized spacial score (nSPS) is 9.93. The molecule has 0 radical (unpaired) electrons. The SMILES string of the molecule is O=CCNC(=O)CCOCCOCCO. The minimum Gasteiger partial charge on any atom is -0.394 e. The van der Waals surface area contributed by atoms with Gasteiger partial charge in [-0.2, -0.15) is 0 Å². The molecule has 0 rings (SSSR count). The van der Waals surface area contributed by atoms with Crippen LogP contribution in [0.25, 0.3) is 0 Å². The van der Waals surface area contributed by atoms with Crippen LogP contribution in [0.4, 0.5) is 0 Å². The summed E-state index contributed by atoms with van der Waals surface area (Å²) in [6.45, 7) is 1.42. The van der Waals surface area contributed by atoms with Gasteiger partial charge in [-0.3, -0.25) is 4.79 Å². The molecule has 0 heterocycles. The highest BCUT2D eigenvalue weighted by molar-refractivity contribution is 5.78. The topological polar surface area (TPSA) is 84.9 Å². The van der Waals surface area contributed by atoms with E-state index < -0.39 is 0 Å². The molecule has 0 fully saturated rings. The van der Waals surface area contributed by atoms with Crippen molar-refractivity contribution < 1.29 is 24.2 Å². The highest BCUT2D eigenvalue weighted by atomic mass is 16.5.